The van der Waals surface area contributed by atoms with Crippen molar-refractivity contribution >= 4 is 60.9 Å². The van der Waals surface area contributed by atoms with Crippen LogP contribution in [0.5, 0.6) is 0 Å². The van der Waals surface area contributed by atoms with E-state index in [1.54, 1.807) is 17.7 Å². The maximum absolute atomic E-state index is 2.58. The van der Waals surface area contributed by atoms with E-state index in [-0.39, 0.29) is 0 Å². The molecule has 3 aromatic carbocycles. The van der Waals surface area contributed by atoms with E-state index < -0.39 is 26.1 Å². The van der Waals surface area contributed by atoms with E-state index in [0.717, 1.165) is 0 Å². The first-order chi connectivity index (χ1) is 11.9. The molecule has 0 aliphatic carbocycles. The predicted octanol–water partition coefficient (Wildman–Crippen LogP) is 3.43. The van der Waals surface area contributed by atoms with Gasteiger partial charge in [-0.05, 0) is 0 Å². The van der Waals surface area contributed by atoms with Crippen molar-refractivity contribution < 1.29 is 0 Å². The number of para-hydroxylation sites is 3. The van der Waals surface area contributed by atoms with Gasteiger partial charge in [0, 0.05) is 0 Å². The molecule has 0 radical (unpaired) electrons. The Morgan fingerprint density at radius 1 is 0.680 bits per heavy atom. The van der Waals surface area contributed by atoms with Gasteiger partial charge in [-0.15, -0.1) is 0 Å². The van der Waals surface area contributed by atoms with Crippen LogP contribution in [0.15, 0.2) is 66.7 Å². The molecule has 0 bridgehead atoms. The molecule has 25 heavy (non-hydrogen) atoms. The van der Waals surface area contributed by atoms with E-state index in [4.69, 9.17) is 0 Å². The average molecular weight is 453 g/mol. The van der Waals surface area contributed by atoms with Gasteiger partial charge in [0.2, 0.25) is 0 Å². The Bertz CT molecular complexity index is 944. The van der Waals surface area contributed by atoms with Gasteiger partial charge in [0.1, 0.15) is 0 Å². The Labute approximate surface area is 155 Å². The molecule has 0 spiro atoms. The van der Waals surface area contributed by atoms with Crippen molar-refractivity contribution in [2.75, 3.05) is 4.90 Å². The normalized spacial score (nSPS) is 19.4. The van der Waals surface area contributed by atoms with E-state index in [1.807, 2.05) is 0 Å². The van der Waals surface area contributed by atoms with Gasteiger partial charge in [-0.2, -0.15) is 0 Å². The number of fused-ring (bicyclic) bond motifs is 4. The van der Waals surface area contributed by atoms with Crippen LogP contribution in [0.1, 0.15) is 0 Å². The fraction of sp³-hybridized carbons (Fsp3) is 0.182. The second-order valence-electron chi connectivity index (χ2n) is 7.92. The number of hydrogen-bond acceptors (Lipinski definition) is 1. The van der Waals surface area contributed by atoms with E-state index in [1.165, 1.54) is 17.1 Å². The van der Waals surface area contributed by atoms with Gasteiger partial charge in [-0.3, -0.25) is 0 Å². The van der Waals surface area contributed by atoms with Crippen molar-refractivity contribution in [2.24, 2.45) is 0 Å². The SMILES string of the molecule is [CH3][Ge]1([CH3])[c]2ccccc2N2c3ccccc3[Se](C)(C)c3ccc[c]1c32. The molecule has 2 aliphatic heterocycles. The van der Waals surface area contributed by atoms with Crippen LogP contribution in [-0.2, 0) is 0 Å². The fourth-order valence-corrected chi connectivity index (χ4v) is 16.4. The minimum atomic E-state index is -2.29. The quantitative estimate of drug-likeness (QED) is 0.472. The van der Waals surface area contributed by atoms with Crippen LogP contribution in [-0.4, -0.2) is 26.1 Å². The van der Waals surface area contributed by atoms with E-state index in [9.17, 15) is 0 Å². The molecular formula is C22H23GeNSe. The first-order valence-corrected chi connectivity index (χ1v) is 20.2. The van der Waals surface area contributed by atoms with Gasteiger partial charge in [-0.25, -0.2) is 0 Å². The minimum absolute atomic E-state index is 1.41. The zero-order valence-electron chi connectivity index (χ0n) is 15.2. The second-order valence-corrected chi connectivity index (χ2v) is 24.4. The molecule has 0 atom stereocenters. The molecule has 0 saturated carbocycles. The molecule has 0 saturated heterocycles. The Morgan fingerprint density at radius 2 is 1.28 bits per heavy atom. The van der Waals surface area contributed by atoms with Gasteiger partial charge < -0.3 is 0 Å². The molecule has 0 fully saturated rings. The summed E-state index contributed by atoms with van der Waals surface area (Å²) in [6.07, 6.45) is 0. The van der Waals surface area contributed by atoms with Crippen LogP contribution in [0, 0.1) is 0 Å². The van der Waals surface area contributed by atoms with Gasteiger partial charge in [-0.1, -0.05) is 0 Å². The molecule has 0 N–H and O–H groups in total. The van der Waals surface area contributed by atoms with E-state index in [2.05, 4.69) is 94.8 Å². The molecule has 1 nitrogen and oxygen atoms in total. The molecule has 3 aromatic rings. The molecule has 0 unspecified atom stereocenters. The Kier molecular flexibility index (Phi) is 3.17. The summed E-state index contributed by atoms with van der Waals surface area (Å²) in [6.45, 7) is 0. The van der Waals surface area contributed by atoms with Crippen LogP contribution >= 0.6 is 0 Å². The predicted molar refractivity (Wildman–Crippen MR) is 115 cm³/mol. The van der Waals surface area contributed by atoms with Gasteiger partial charge >= 0.3 is 156 Å². The summed E-state index contributed by atoms with van der Waals surface area (Å²) in [6, 6.07) is 25.4. The fourth-order valence-electron chi connectivity index (χ4n) is 4.57. The molecule has 2 heterocycles. The number of nitrogens with zero attached hydrogens (tertiary/aromatic N) is 1. The van der Waals surface area contributed by atoms with Crippen LogP contribution in [0.2, 0.25) is 23.2 Å². The van der Waals surface area contributed by atoms with E-state index in [0.29, 0.717) is 0 Å². The molecule has 5 rings (SSSR count). The van der Waals surface area contributed by atoms with Crippen LogP contribution in [0.4, 0.5) is 17.1 Å². The van der Waals surface area contributed by atoms with Gasteiger partial charge in [0.05, 0.1) is 0 Å². The molecule has 0 aromatic heterocycles. The van der Waals surface area contributed by atoms with Crippen LogP contribution in [0.3, 0.4) is 0 Å². The third kappa shape index (κ3) is 1.91. The summed E-state index contributed by atoms with van der Waals surface area (Å²) in [5, 5.41) is 0. The van der Waals surface area contributed by atoms with Crippen LogP contribution < -0.4 is 22.6 Å². The zero-order valence-corrected chi connectivity index (χ0v) is 19.0. The van der Waals surface area contributed by atoms with Crippen molar-refractivity contribution in [1.82, 2.24) is 0 Å². The van der Waals surface area contributed by atoms with E-state index >= 15 is 0 Å². The Hall–Kier alpha value is -1.48. The standard InChI is InChI=1S/C22H23GeNSe/c1-23(2)16-10-5-6-12-18(16)24-19-13-7-8-14-20(19)25(3,4)21-15-9-11-17(23)22(21)24/h5-15H,1-4H3. The first-order valence-electron chi connectivity index (χ1n) is 8.79. The van der Waals surface area contributed by atoms with Gasteiger partial charge in [0.15, 0.2) is 0 Å². The second kappa shape index (κ2) is 5.03. The topological polar surface area (TPSA) is 3.24 Å². The first kappa shape index (κ1) is 15.8. The summed E-state index contributed by atoms with van der Waals surface area (Å²) >= 11 is -4.18. The van der Waals surface area contributed by atoms with Crippen molar-refractivity contribution in [2.45, 2.75) is 23.2 Å². The molecule has 3 heteroatoms. The summed E-state index contributed by atoms with van der Waals surface area (Å²) in [5.74, 6) is 10.2. The average Bonchev–Trinajstić information content (AvgIpc) is 2.61. The summed E-state index contributed by atoms with van der Waals surface area (Å²) in [7, 11) is 0. The third-order valence-electron chi connectivity index (χ3n) is 5.92. The van der Waals surface area contributed by atoms with Crippen molar-refractivity contribution in [1.29, 1.82) is 0 Å². The molecule has 2 aliphatic rings. The summed E-state index contributed by atoms with van der Waals surface area (Å²) in [4.78, 5) is 2.58. The number of hydrogen-bond donors (Lipinski definition) is 0. The van der Waals surface area contributed by atoms with Crippen molar-refractivity contribution in [3.8, 4) is 0 Å². The Balaban J connectivity index is 1.97. The number of rotatable bonds is 0. The maximum atomic E-state index is 2.58. The van der Waals surface area contributed by atoms with Crippen molar-refractivity contribution in [3.63, 3.8) is 0 Å². The van der Waals surface area contributed by atoms with Gasteiger partial charge in [0.25, 0.3) is 0 Å². The molecular weight excluding hydrogens is 430 g/mol. The molecule has 0 amide bonds. The monoisotopic (exact) mass is 455 g/mol. The zero-order chi connectivity index (χ0) is 17.4. The molecule has 126 valence electrons. The summed E-state index contributed by atoms with van der Waals surface area (Å²) < 4.78 is 6.45. The Morgan fingerprint density at radius 3 is 2.08 bits per heavy atom. The van der Waals surface area contributed by atoms with Crippen molar-refractivity contribution in [3.05, 3.63) is 66.7 Å². The number of anilines is 3. The third-order valence-corrected chi connectivity index (χ3v) is 19.3. The summed E-state index contributed by atoms with van der Waals surface area (Å²) in [5.41, 5.74) is 4.38. The van der Waals surface area contributed by atoms with Crippen LogP contribution in [0.25, 0.3) is 0 Å². The number of benzene rings is 3.